The van der Waals surface area contributed by atoms with Crippen LogP contribution in [-0.2, 0) is 6.54 Å². The second kappa shape index (κ2) is 5.64. The molecule has 0 amide bonds. The molecular weight excluding hydrogens is 206 g/mol. The SMILES string of the molecule is OC1CCCCCC1NCc1cccs1. The van der Waals surface area contributed by atoms with E-state index in [0.717, 1.165) is 19.4 Å². The highest BCUT2D eigenvalue weighted by Crippen LogP contribution is 2.19. The van der Waals surface area contributed by atoms with Gasteiger partial charge in [-0.05, 0) is 24.3 Å². The zero-order valence-corrected chi connectivity index (χ0v) is 9.80. The van der Waals surface area contributed by atoms with Gasteiger partial charge in [-0.3, -0.25) is 0 Å². The van der Waals surface area contributed by atoms with Crippen molar-refractivity contribution in [1.82, 2.24) is 5.32 Å². The summed E-state index contributed by atoms with van der Waals surface area (Å²) in [6.45, 7) is 0.902. The molecule has 1 fully saturated rings. The Labute approximate surface area is 95.3 Å². The lowest BCUT2D eigenvalue weighted by Crippen LogP contribution is -2.38. The first kappa shape index (κ1) is 11.1. The predicted molar refractivity (Wildman–Crippen MR) is 64.0 cm³/mol. The molecule has 15 heavy (non-hydrogen) atoms. The minimum Gasteiger partial charge on any atom is -0.392 e. The predicted octanol–water partition coefficient (Wildman–Crippen LogP) is 2.53. The largest absolute Gasteiger partial charge is 0.392 e. The minimum absolute atomic E-state index is 0.146. The van der Waals surface area contributed by atoms with Crippen molar-refractivity contribution in [1.29, 1.82) is 0 Å². The number of hydrogen-bond donors (Lipinski definition) is 2. The Balaban J connectivity index is 1.81. The zero-order chi connectivity index (χ0) is 10.5. The van der Waals surface area contributed by atoms with Gasteiger partial charge in [0.15, 0.2) is 0 Å². The van der Waals surface area contributed by atoms with E-state index in [9.17, 15) is 5.11 Å². The number of aliphatic hydroxyl groups is 1. The van der Waals surface area contributed by atoms with Crippen LogP contribution in [0.3, 0.4) is 0 Å². The lowest BCUT2D eigenvalue weighted by atomic mass is 10.1. The van der Waals surface area contributed by atoms with Crippen molar-refractivity contribution >= 4 is 11.3 Å². The standard InChI is InChI=1S/C12H19NOS/c14-12-7-3-1-2-6-11(12)13-9-10-5-4-8-15-10/h4-5,8,11-14H,1-3,6-7,9H2. The summed E-state index contributed by atoms with van der Waals surface area (Å²) in [6.07, 6.45) is 5.63. The van der Waals surface area contributed by atoms with E-state index in [-0.39, 0.29) is 6.10 Å². The number of nitrogens with one attached hydrogen (secondary N) is 1. The van der Waals surface area contributed by atoms with E-state index in [4.69, 9.17) is 0 Å². The molecule has 2 N–H and O–H groups in total. The van der Waals surface area contributed by atoms with Crippen LogP contribution in [0.5, 0.6) is 0 Å². The van der Waals surface area contributed by atoms with Crippen molar-refractivity contribution in [3.05, 3.63) is 22.4 Å². The summed E-state index contributed by atoms with van der Waals surface area (Å²) in [6, 6.07) is 4.51. The normalized spacial score (nSPS) is 27.5. The Morgan fingerprint density at radius 1 is 1.33 bits per heavy atom. The molecular formula is C12H19NOS. The number of thiophene rings is 1. The van der Waals surface area contributed by atoms with Gasteiger partial charge in [-0.1, -0.05) is 25.3 Å². The monoisotopic (exact) mass is 225 g/mol. The van der Waals surface area contributed by atoms with Crippen molar-refractivity contribution in [2.45, 2.75) is 50.8 Å². The summed E-state index contributed by atoms with van der Waals surface area (Å²) in [4.78, 5) is 1.35. The molecule has 2 nitrogen and oxygen atoms in total. The van der Waals surface area contributed by atoms with Gasteiger partial charge in [-0.25, -0.2) is 0 Å². The van der Waals surface area contributed by atoms with Gasteiger partial charge in [0, 0.05) is 17.5 Å². The molecule has 1 heterocycles. The highest BCUT2D eigenvalue weighted by Gasteiger charge is 2.20. The molecule has 1 aromatic rings. The highest BCUT2D eigenvalue weighted by atomic mass is 32.1. The van der Waals surface area contributed by atoms with Crippen LogP contribution in [0.25, 0.3) is 0 Å². The summed E-state index contributed by atoms with van der Waals surface area (Å²) < 4.78 is 0. The van der Waals surface area contributed by atoms with Gasteiger partial charge in [0.05, 0.1) is 6.10 Å². The van der Waals surface area contributed by atoms with Gasteiger partial charge in [0.2, 0.25) is 0 Å². The van der Waals surface area contributed by atoms with E-state index in [1.807, 2.05) is 0 Å². The second-order valence-electron chi connectivity index (χ2n) is 4.27. The number of aliphatic hydroxyl groups excluding tert-OH is 1. The average molecular weight is 225 g/mol. The quantitative estimate of drug-likeness (QED) is 0.775. The van der Waals surface area contributed by atoms with Crippen LogP contribution in [-0.4, -0.2) is 17.3 Å². The molecule has 0 radical (unpaired) electrons. The van der Waals surface area contributed by atoms with Crippen molar-refractivity contribution in [2.75, 3.05) is 0 Å². The van der Waals surface area contributed by atoms with Crippen LogP contribution in [0.15, 0.2) is 17.5 Å². The first-order chi connectivity index (χ1) is 7.36. The molecule has 1 aliphatic rings. The van der Waals surface area contributed by atoms with Crippen LogP contribution in [0.1, 0.15) is 37.0 Å². The molecule has 1 aromatic heterocycles. The van der Waals surface area contributed by atoms with Crippen molar-refractivity contribution in [3.63, 3.8) is 0 Å². The van der Waals surface area contributed by atoms with Crippen LogP contribution in [0.4, 0.5) is 0 Å². The van der Waals surface area contributed by atoms with Gasteiger partial charge in [-0.15, -0.1) is 11.3 Å². The van der Waals surface area contributed by atoms with E-state index in [0.29, 0.717) is 6.04 Å². The fourth-order valence-corrected chi connectivity index (χ4v) is 2.83. The van der Waals surface area contributed by atoms with E-state index >= 15 is 0 Å². The Hall–Kier alpha value is -0.380. The molecule has 2 unspecified atom stereocenters. The van der Waals surface area contributed by atoms with Gasteiger partial charge >= 0.3 is 0 Å². The highest BCUT2D eigenvalue weighted by molar-refractivity contribution is 7.09. The third kappa shape index (κ3) is 3.30. The maximum absolute atomic E-state index is 9.92. The Bertz CT molecular complexity index is 273. The number of rotatable bonds is 3. The van der Waals surface area contributed by atoms with Crippen molar-refractivity contribution in [3.8, 4) is 0 Å². The molecule has 2 atom stereocenters. The Kier molecular flexibility index (Phi) is 4.18. The van der Waals surface area contributed by atoms with Crippen molar-refractivity contribution < 1.29 is 5.11 Å². The van der Waals surface area contributed by atoms with E-state index in [2.05, 4.69) is 22.8 Å². The summed E-state index contributed by atoms with van der Waals surface area (Å²) in [5, 5.41) is 15.5. The van der Waals surface area contributed by atoms with Gasteiger partial charge in [0.1, 0.15) is 0 Å². The maximum atomic E-state index is 9.92. The lowest BCUT2D eigenvalue weighted by Gasteiger charge is -2.21. The fourth-order valence-electron chi connectivity index (χ4n) is 2.17. The molecule has 0 spiro atoms. The van der Waals surface area contributed by atoms with Crippen LogP contribution in [0, 0.1) is 0 Å². The van der Waals surface area contributed by atoms with E-state index in [1.54, 1.807) is 11.3 Å². The summed E-state index contributed by atoms with van der Waals surface area (Å²) in [5.74, 6) is 0. The molecule has 2 rings (SSSR count). The molecule has 0 aliphatic heterocycles. The lowest BCUT2D eigenvalue weighted by molar-refractivity contribution is 0.119. The van der Waals surface area contributed by atoms with Crippen LogP contribution in [0.2, 0.25) is 0 Å². The smallest absolute Gasteiger partial charge is 0.0693 e. The number of hydrogen-bond acceptors (Lipinski definition) is 3. The molecule has 1 aliphatic carbocycles. The maximum Gasteiger partial charge on any atom is 0.0693 e. The first-order valence-corrected chi connectivity index (χ1v) is 6.68. The minimum atomic E-state index is -0.146. The van der Waals surface area contributed by atoms with Crippen LogP contribution < -0.4 is 5.32 Å². The van der Waals surface area contributed by atoms with Gasteiger partial charge < -0.3 is 10.4 Å². The second-order valence-corrected chi connectivity index (χ2v) is 5.30. The zero-order valence-electron chi connectivity index (χ0n) is 8.98. The molecule has 0 aromatic carbocycles. The first-order valence-electron chi connectivity index (χ1n) is 5.80. The summed E-state index contributed by atoms with van der Waals surface area (Å²) >= 11 is 1.77. The topological polar surface area (TPSA) is 32.3 Å². The van der Waals surface area contributed by atoms with E-state index in [1.165, 1.54) is 24.1 Å². The third-order valence-electron chi connectivity index (χ3n) is 3.10. The van der Waals surface area contributed by atoms with Gasteiger partial charge in [0.25, 0.3) is 0 Å². The fraction of sp³-hybridized carbons (Fsp3) is 0.667. The molecule has 1 saturated carbocycles. The van der Waals surface area contributed by atoms with Gasteiger partial charge in [-0.2, -0.15) is 0 Å². The van der Waals surface area contributed by atoms with Crippen molar-refractivity contribution in [2.24, 2.45) is 0 Å². The molecule has 84 valence electrons. The van der Waals surface area contributed by atoms with E-state index < -0.39 is 0 Å². The molecule has 0 saturated heterocycles. The Morgan fingerprint density at radius 3 is 3.00 bits per heavy atom. The average Bonchev–Trinajstić information content (AvgIpc) is 2.67. The molecule has 0 bridgehead atoms. The molecule has 3 heteroatoms. The summed E-state index contributed by atoms with van der Waals surface area (Å²) in [5.41, 5.74) is 0. The Morgan fingerprint density at radius 2 is 2.20 bits per heavy atom. The van der Waals surface area contributed by atoms with Crippen LogP contribution >= 0.6 is 11.3 Å². The third-order valence-corrected chi connectivity index (χ3v) is 3.97. The summed E-state index contributed by atoms with van der Waals surface area (Å²) in [7, 11) is 0.